The minimum atomic E-state index is 1.14. The first-order valence-corrected chi connectivity index (χ1v) is 14.6. The summed E-state index contributed by atoms with van der Waals surface area (Å²) in [5.41, 5.74) is 14.4. The molecule has 0 amide bonds. The second kappa shape index (κ2) is 12.8. The lowest BCUT2D eigenvalue weighted by molar-refractivity contribution is 1.14. The van der Waals surface area contributed by atoms with Crippen LogP contribution in [0.2, 0.25) is 0 Å². The van der Waals surface area contributed by atoms with E-state index in [1.807, 2.05) is 0 Å². The first-order valence-electron chi connectivity index (χ1n) is 14.6. The molecule has 0 bridgehead atoms. The minimum absolute atomic E-state index is 1.14. The van der Waals surface area contributed by atoms with Crippen LogP contribution in [0.1, 0.15) is 48.6 Å². The van der Waals surface area contributed by atoms with Gasteiger partial charge in [0.25, 0.3) is 0 Å². The molecule has 0 aliphatic rings. The highest BCUT2D eigenvalue weighted by Gasteiger charge is 2.13. The first kappa shape index (κ1) is 28.7. The van der Waals surface area contributed by atoms with Crippen molar-refractivity contribution in [2.24, 2.45) is 0 Å². The molecule has 5 aromatic carbocycles. The Labute approximate surface area is 251 Å². The molecule has 210 valence electrons. The lowest BCUT2D eigenvalue weighted by Crippen LogP contribution is -2.14. The van der Waals surface area contributed by atoms with Gasteiger partial charge in [0, 0.05) is 34.1 Å². The molecule has 0 atom stereocenters. The normalized spacial score (nSPS) is 11.9. The van der Waals surface area contributed by atoms with Crippen LogP contribution in [-0.4, -0.2) is 0 Å². The number of benzene rings is 5. The predicted molar refractivity (Wildman–Crippen MR) is 183 cm³/mol. The summed E-state index contributed by atoms with van der Waals surface area (Å²) in [4.78, 5) is 4.61. The smallest absolute Gasteiger partial charge is 0.0462 e. The average Bonchev–Trinajstić information content (AvgIpc) is 3.01. The van der Waals surface area contributed by atoms with Gasteiger partial charge in [-0.1, -0.05) is 89.5 Å². The fourth-order valence-electron chi connectivity index (χ4n) is 5.14. The Morgan fingerprint density at radius 3 is 1.24 bits per heavy atom. The Hall–Kier alpha value is -4.82. The van der Waals surface area contributed by atoms with E-state index in [0.29, 0.717) is 0 Å². The van der Waals surface area contributed by atoms with Gasteiger partial charge in [0.05, 0.1) is 0 Å². The summed E-state index contributed by atoms with van der Waals surface area (Å²) in [6, 6.07) is 43.8. The van der Waals surface area contributed by atoms with Gasteiger partial charge in [-0.2, -0.15) is 0 Å². The lowest BCUT2D eigenvalue weighted by Gasteiger charge is -2.26. The number of aryl methyl sites for hydroxylation is 3. The summed E-state index contributed by atoms with van der Waals surface area (Å²) in [6.45, 7) is 12.8. The van der Waals surface area contributed by atoms with Gasteiger partial charge >= 0.3 is 0 Å². The van der Waals surface area contributed by atoms with E-state index in [-0.39, 0.29) is 0 Å². The van der Waals surface area contributed by atoms with E-state index >= 15 is 0 Å². The second-order valence-corrected chi connectivity index (χ2v) is 11.1. The molecule has 5 aromatic rings. The molecule has 0 aliphatic carbocycles. The van der Waals surface area contributed by atoms with Crippen molar-refractivity contribution in [1.29, 1.82) is 0 Å². The van der Waals surface area contributed by atoms with E-state index in [1.165, 1.54) is 44.8 Å². The van der Waals surface area contributed by atoms with Crippen LogP contribution in [0.25, 0.3) is 11.6 Å². The molecule has 0 saturated heterocycles. The zero-order chi connectivity index (χ0) is 29.6. The van der Waals surface area contributed by atoms with Crippen LogP contribution in [0.4, 0.5) is 28.4 Å². The topological polar surface area (TPSA) is 6.48 Å². The molecule has 42 heavy (non-hydrogen) atoms. The van der Waals surface area contributed by atoms with Crippen LogP contribution >= 0.6 is 0 Å². The highest BCUT2D eigenvalue weighted by molar-refractivity contribution is 5.83. The van der Waals surface area contributed by atoms with Crippen molar-refractivity contribution in [2.45, 2.75) is 41.5 Å². The van der Waals surface area contributed by atoms with Crippen molar-refractivity contribution in [3.05, 3.63) is 161 Å². The molecule has 0 N–H and O–H groups in total. The summed E-state index contributed by atoms with van der Waals surface area (Å²) in [5, 5.41) is 0. The van der Waals surface area contributed by atoms with Crippen molar-refractivity contribution in [3.63, 3.8) is 0 Å². The molecule has 0 aromatic heterocycles. The molecule has 2 heteroatoms. The molecule has 5 rings (SSSR count). The molecule has 0 heterocycles. The van der Waals surface area contributed by atoms with E-state index in [0.717, 1.165) is 22.7 Å². The van der Waals surface area contributed by atoms with Crippen LogP contribution in [-0.2, 0) is 0 Å². The first-order chi connectivity index (χ1) is 20.3. The average molecular weight is 549 g/mol. The Morgan fingerprint density at radius 2 is 0.833 bits per heavy atom. The monoisotopic (exact) mass is 548 g/mol. The van der Waals surface area contributed by atoms with Crippen molar-refractivity contribution in [3.8, 4) is 0 Å². The molecular formula is C40H40N2. The summed E-state index contributed by atoms with van der Waals surface area (Å²) in [6.07, 6.45) is 4.41. The van der Waals surface area contributed by atoms with Crippen molar-refractivity contribution < 1.29 is 0 Å². The van der Waals surface area contributed by atoms with Crippen molar-refractivity contribution in [2.75, 3.05) is 9.80 Å². The van der Waals surface area contributed by atoms with Gasteiger partial charge in [-0.05, 0) is 119 Å². The molecule has 0 radical (unpaired) electrons. The molecule has 0 aliphatic heterocycles. The quantitative estimate of drug-likeness (QED) is 0.178. The number of rotatable bonds is 8. The number of hydrogen-bond acceptors (Lipinski definition) is 2. The maximum Gasteiger partial charge on any atom is 0.0462 e. The number of allylic oxidation sites excluding steroid dienone is 3. The van der Waals surface area contributed by atoms with Crippen LogP contribution in [0.15, 0.2) is 133 Å². The summed E-state index contributed by atoms with van der Waals surface area (Å²) in [7, 11) is 0. The van der Waals surface area contributed by atoms with Crippen LogP contribution in [0.3, 0.4) is 0 Å². The molecule has 0 fully saturated rings. The Balaban J connectivity index is 1.40. The zero-order valence-electron chi connectivity index (χ0n) is 25.6. The van der Waals surface area contributed by atoms with Crippen LogP contribution in [0, 0.1) is 20.8 Å². The van der Waals surface area contributed by atoms with Gasteiger partial charge in [0.1, 0.15) is 0 Å². The summed E-state index contributed by atoms with van der Waals surface area (Å²) < 4.78 is 0. The van der Waals surface area contributed by atoms with Gasteiger partial charge in [-0.15, -0.1) is 0 Å². The molecule has 0 unspecified atom stereocenters. The third kappa shape index (κ3) is 6.56. The van der Waals surface area contributed by atoms with Crippen LogP contribution < -0.4 is 9.80 Å². The van der Waals surface area contributed by atoms with Crippen molar-refractivity contribution >= 4 is 40.1 Å². The van der Waals surface area contributed by atoms with Gasteiger partial charge in [0.2, 0.25) is 0 Å². The molecule has 2 nitrogen and oxygen atoms in total. The minimum Gasteiger partial charge on any atom is -0.315 e. The number of nitrogens with zero attached hydrogens (tertiary/aromatic N) is 2. The van der Waals surface area contributed by atoms with E-state index in [9.17, 15) is 0 Å². The van der Waals surface area contributed by atoms with E-state index in [4.69, 9.17) is 0 Å². The Bertz CT molecular complexity index is 1630. The van der Waals surface area contributed by atoms with E-state index in [2.05, 4.69) is 185 Å². The fourth-order valence-corrected chi connectivity index (χ4v) is 5.14. The second-order valence-electron chi connectivity index (χ2n) is 11.1. The third-order valence-corrected chi connectivity index (χ3v) is 7.76. The predicted octanol–water partition coefficient (Wildman–Crippen LogP) is 11.7. The number of hydrogen-bond donors (Lipinski definition) is 0. The third-order valence-electron chi connectivity index (χ3n) is 7.76. The standard InChI is InChI=1S/C40H40N2/c1-7-33(6)41(36-18-8-29(2)9-19-36)37-26-16-35(17-27-37)32(5)28-34-14-24-40(25-15-34)42(38-20-10-30(3)11-21-38)39-22-12-31(4)13-23-39/h7-28H,1-6H3/b32-28+,33-7+. The van der Waals surface area contributed by atoms with E-state index < -0.39 is 0 Å². The van der Waals surface area contributed by atoms with Gasteiger partial charge in [0.15, 0.2) is 0 Å². The highest BCUT2D eigenvalue weighted by atomic mass is 15.1. The maximum absolute atomic E-state index is 2.31. The van der Waals surface area contributed by atoms with Crippen LogP contribution in [0.5, 0.6) is 0 Å². The Kier molecular flexibility index (Phi) is 8.74. The molecule has 0 saturated carbocycles. The van der Waals surface area contributed by atoms with Gasteiger partial charge in [-0.25, -0.2) is 0 Å². The largest absolute Gasteiger partial charge is 0.315 e. The Morgan fingerprint density at radius 1 is 0.476 bits per heavy atom. The van der Waals surface area contributed by atoms with Crippen molar-refractivity contribution in [1.82, 2.24) is 0 Å². The fraction of sp³-hybridized carbons (Fsp3) is 0.150. The zero-order valence-corrected chi connectivity index (χ0v) is 25.6. The summed E-state index contributed by atoms with van der Waals surface area (Å²) >= 11 is 0. The molecule has 0 spiro atoms. The summed E-state index contributed by atoms with van der Waals surface area (Å²) in [5.74, 6) is 0. The molecular weight excluding hydrogens is 508 g/mol. The van der Waals surface area contributed by atoms with Gasteiger partial charge < -0.3 is 9.80 Å². The lowest BCUT2D eigenvalue weighted by atomic mass is 10.0. The maximum atomic E-state index is 2.31. The van der Waals surface area contributed by atoms with Gasteiger partial charge in [-0.3, -0.25) is 0 Å². The van der Waals surface area contributed by atoms with E-state index in [1.54, 1.807) is 0 Å². The number of anilines is 5. The SMILES string of the molecule is C/C=C(\C)N(c1ccc(C)cc1)c1ccc(/C(C)=C/c2ccc(N(c3ccc(C)cc3)c3ccc(C)cc3)cc2)cc1. The highest BCUT2D eigenvalue weighted by Crippen LogP contribution is 2.35.